The second kappa shape index (κ2) is 2.36. The monoisotopic (exact) mass is 138 g/mol. The zero-order chi connectivity index (χ0) is 7.56. The van der Waals surface area contributed by atoms with Crippen LogP contribution in [-0.2, 0) is 7.05 Å². The second-order valence-corrected chi connectivity index (χ2v) is 1.77. The highest BCUT2D eigenvalue weighted by Gasteiger charge is 1.98. The average molecular weight is 138 g/mol. The molecule has 6 nitrogen and oxygen atoms in total. The first kappa shape index (κ1) is 6.57. The Morgan fingerprint density at radius 3 is 2.80 bits per heavy atom. The van der Waals surface area contributed by atoms with Crippen LogP contribution in [0.1, 0.15) is 5.82 Å². The molecule has 1 aromatic heterocycles. The lowest BCUT2D eigenvalue weighted by Crippen LogP contribution is -1.88. The van der Waals surface area contributed by atoms with Crippen molar-refractivity contribution in [3.05, 3.63) is 16.3 Å². The molecule has 0 atom stereocenters. The van der Waals surface area contributed by atoms with E-state index < -0.39 is 0 Å². The fourth-order valence-corrected chi connectivity index (χ4v) is 0.628. The summed E-state index contributed by atoms with van der Waals surface area (Å²) in [5.41, 5.74) is 8.03. The van der Waals surface area contributed by atoms with E-state index in [0.717, 1.165) is 0 Å². The van der Waals surface area contributed by atoms with Crippen molar-refractivity contribution in [3.63, 3.8) is 0 Å². The van der Waals surface area contributed by atoms with E-state index in [4.69, 9.17) is 5.53 Å². The fourth-order valence-electron chi connectivity index (χ4n) is 0.628. The van der Waals surface area contributed by atoms with E-state index in [-0.39, 0.29) is 0 Å². The molecule has 6 heteroatoms. The third kappa shape index (κ3) is 1.06. The zero-order valence-electron chi connectivity index (χ0n) is 5.68. The van der Waals surface area contributed by atoms with E-state index in [1.54, 1.807) is 14.0 Å². The van der Waals surface area contributed by atoms with Gasteiger partial charge in [-0.15, -0.1) is 0 Å². The maximum absolute atomic E-state index is 8.03. The van der Waals surface area contributed by atoms with Crippen molar-refractivity contribution in [3.8, 4) is 0 Å². The summed E-state index contributed by atoms with van der Waals surface area (Å²) in [4.78, 5) is 6.41. The van der Waals surface area contributed by atoms with Crippen molar-refractivity contribution in [2.45, 2.75) is 6.92 Å². The van der Waals surface area contributed by atoms with Gasteiger partial charge < -0.3 is 0 Å². The maximum Gasteiger partial charge on any atom is 0.214 e. The van der Waals surface area contributed by atoms with E-state index in [0.29, 0.717) is 11.8 Å². The molecular weight excluding hydrogens is 132 g/mol. The lowest BCUT2D eigenvalue weighted by molar-refractivity contribution is 0.758. The first-order valence-electron chi connectivity index (χ1n) is 2.67. The Labute approximate surface area is 57.1 Å². The third-order valence-corrected chi connectivity index (χ3v) is 0.980. The summed E-state index contributed by atoms with van der Waals surface area (Å²) in [7, 11) is 1.67. The molecule has 1 rings (SSSR count). The van der Waals surface area contributed by atoms with Crippen molar-refractivity contribution >= 4 is 5.95 Å². The fraction of sp³-hybridized carbons (Fsp3) is 0.500. The third-order valence-electron chi connectivity index (χ3n) is 0.980. The summed E-state index contributed by atoms with van der Waals surface area (Å²) in [5, 5.41) is 7.17. The maximum atomic E-state index is 8.03. The molecule has 0 amide bonds. The van der Waals surface area contributed by atoms with Crippen LogP contribution in [0, 0.1) is 6.92 Å². The number of hydrogen-bond acceptors (Lipinski definition) is 3. The SMILES string of the molecule is Cc1nc(N=[N+]=[N-])n(C)n1. The zero-order valence-corrected chi connectivity index (χ0v) is 5.68. The van der Waals surface area contributed by atoms with Crippen molar-refractivity contribution in [1.29, 1.82) is 0 Å². The van der Waals surface area contributed by atoms with Gasteiger partial charge in [-0.3, -0.25) is 0 Å². The molecule has 0 aliphatic heterocycles. The van der Waals surface area contributed by atoms with Crippen LogP contribution in [0.2, 0.25) is 0 Å². The van der Waals surface area contributed by atoms with Gasteiger partial charge in [-0.2, -0.15) is 5.10 Å². The quantitative estimate of drug-likeness (QED) is 0.330. The molecule has 0 bridgehead atoms. The van der Waals surface area contributed by atoms with Gasteiger partial charge in [0, 0.05) is 12.0 Å². The van der Waals surface area contributed by atoms with E-state index in [2.05, 4.69) is 20.1 Å². The van der Waals surface area contributed by atoms with Gasteiger partial charge in [-0.05, 0) is 17.6 Å². The summed E-state index contributed by atoms with van der Waals surface area (Å²) in [6.45, 7) is 1.73. The first-order chi connectivity index (χ1) is 4.74. The highest BCUT2D eigenvalue weighted by atomic mass is 15.4. The van der Waals surface area contributed by atoms with Gasteiger partial charge in [-0.25, -0.2) is 9.67 Å². The van der Waals surface area contributed by atoms with Gasteiger partial charge in [0.1, 0.15) is 5.82 Å². The first-order valence-corrected chi connectivity index (χ1v) is 2.67. The molecular formula is C4H6N6. The predicted octanol–water partition coefficient (Wildman–Crippen LogP) is 1.07. The number of aromatic nitrogens is 3. The van der Waals surface area contributed by atoms with Crippen LogP contribution < -0.4 is 0 Å². The van der Waals surface area contributed by atoms with Crippen LogP contribution in [0.4, 0.5) is 5.95 Å². The molecule has 0 N–H and O–H groups in total. The summed E-state index contributed by atoms with van der Waals surface area (Å²) >= 11 is 0. The summed E-state index contributed by atoms with van der Waals surface area (Å²) in [5.74, 6) is 0.893. The van der Waals surface area contributed by atoms with E-state index in [1.807, 2.05) is 0 Å². The van der Waals surface area contributed by atoms with Crippen molar-refractivity contribution in [2.75, 3.05) is 0 Å². The molecule has 1 aromatic rings. The minimum Gasteiger partial charge on any atom is -0.247 e. The molecule has 0 aliphatic carbocycles. The second-order valence-electron chi connectivity index (χ2n) is 1.77. The number of rotatable bonds is 1. The number of nitrogens with zero attached hydrogens (tertiary/aromatic N) is 6. The summed E-state index contributed by atoms with van der Waals surface area (Å²) in [6.07, 6.45) is 0. The smallest absolute Gasteiger partial charge is 0.214 e. The normalized spacial score (nSPS) is 9.00. The van der Waals surface area contributed by atoms with E-state index in [9.17, 15) is 0 Å². The Morgan fingerprint density at radius 2 is 2.40 bits per heavy atom. The Hall–Kier alpha value is -1.55. The van der Waals surface area contributed by atoms with Crippen LogP contribution in [0.5, 0.6) is 0 Å². The van der Waals surface area contributed by atoms with Gasteiger partial charge in [-0.1, -0.05) is 0 Å². The molecule has 0 aliphatic rings. The van der Waals surface area contributed by atoms with Crippen molar-refractivity contribution < 1.29 is 0 Å². The molecule has 0 aromatic carbocycles. The number of aryl methyl sites for hydroxylation is 2. The van der Waals surface area contributed by atoms with Crippen LogP contribution >= 0.6 is 0 Å². The Kier molecular flexibility index (Phi) is 1.55. The van der Waals surface area contributed by atoms with Crippen molar-refractivity contribution in [2.24, 2.45) is 12.2 Å². The topological polar surface area (TPSA) is 79.5 Å². The summed E-state index contributed by atoms with van der Waals surface area (Å²) in [6, 6.07) is 0. The van der Waals surface area contributed by atoms with E-state index in [1.165, 1.54) is 4.68 Å². The molecule has 52 valence electrons. The molecule has 0 radical (unpaired) electrons. The predicted molar refractivity (Wildman–Crippen MR) is 34.5 cm³/mol. The summed E-state index contributed by atoms with van der Waals surface area (Å²) < 4.78 is 1.43. The Morgan fingerprint density at radius 1 is 1.70 bits per heavy atom. The molecule has 0 saturated heterocycles. The van der Waals surface area contributed by atoms with Gasteiger partial charge in [0.2, 0.25) is 5.95 Å². The standard InChI is InChI=1S/C4H6N6/c1-3-6-4(7-9-5)10(2)8-3/h1-2H3. The average Bonchev–Trinajstić information content (AvgIpc) is 2.13. The molecule has 0 unspecified atom stereocenters. The molecule has 0 fully saturated rings. The number of hydrogen-bond donors (Lipinski definition) is 0. The van der Waals surface area contributed by atoms with Gasteiger partial charge in [0.15, 0.2) is 0 Å². The van der Waals surface area contributed by atoms with Gasteiger partial charge in [0.25, 0.3) is 0 Å². The molecule has 1 heterocycles. The van der Waals surface area contributed by atoms with Crippen LogP contribution in [0.15, 0.2) is 5.11 Å². The van der Waals surface area contributed by atoms with Gasteiger partial charge in [0.05, 0.1) is 0 Å². The lowest BCUT2D eigenvalue weighted by atomic mass is 10.8. The minimum absolute atomic E-state index is 0.292. The highest BCUT2D eigenvalue weighted by Crippen LogP contribution is 2.05. The van der Waals surface area contributed by atoms with E-state index >= 15 is 0 Å². The lowest BCUT2D eigenvalue weighted by Gasteiger charge is -1.85. The largest absolute Gasteiger partial charge is 0.247 e. The molecule has 10 heavy (non-hydrogen) atoms. The van der Waals surface area contributed by atoms with Crippen LogP contribution in [0.25, 0.3) is 10.4 Å². The van der Waals surface area contributed by atoms with Crippen molar-refractivity contribution in [1.82, 2.24) is 14.8 Å². The van der Waals surface area contributed by atoms with Crippen LogP contribution in [-0.4, -0.2) is 14.8 Å². The minimum atomic E-state index is 0.292. The Bertz CT molecular complexity index is 280. The van der Waals surface area contributed by atoms with Crippen LogP contribution in [0.3, 0.4) is 0 Å². The Balaban J connectivity index is 3.14. The number of azide groups is 1. The highest BCUT2D eigenvalue weighted by molar-refractivity contribution is 5.13. The molecule has 0 saturated carbocycles. The molecule has 0 spiro atoms. The van der Waals surface area contributed by atoms with Gasteiger partial charge >= 0.3 is 0 Å².